The van der Waals surface area contributed by atoms with Gasteiger partial charge in [-0.25, -0.2) is 0 Å². The van der Waals surface area contributed by atoms with E-state index in [2.05, 4.69) is 5.32 Å². The maximum Gasteiger partial charge on any atom is 0.251 e. The second-order valence-electron chi connectivity index (χ2n) is 4.70. The maximum atomic E-state index is 11.7. The van der Waals surface area contributed by atoms with E-state index in [0.29, 0.717) is 11.1 Å². The monoisotopic (exact) mass is 237 g/mol. The van der Waals surface area contributed by atoms with Gasteiger partial charge in [-0.15, -0.1) is 0 Å². The zero-order valence-corrected chi connectivity index (χ0v) is 10.4. The second kappa shape index (κ2) is 5.29. The lowest BCUT2D eigenvalue weighted by atomic mass is 9.96. The molecular formula is C13H19NO3. The van der Waals surface area contributed by atoms with Gasteiger partial charge in [0.2, 0.25) is 0 Å². The van der Waals surface area contributed by atoms with E-state index in [1.165, 1.54) is 0 Å². The molecule has 1 atom stereocenters. The lowest BCUT2D eigenvalue weighted by Crippen LogP contribution is -2.30. The van der Waals surface area contributed by atoms with Gasteiger partial charge >= 0.3 is 0 Å². The summed E-state index contributed by atoms with van der Waals surface area (Å²) in [5, 5.41) is 21.5. The van der Waals surface area contributed by atoms with Crippen molar-refractivity contribution in [1.82, 2.24) is 5.32 Å². The van der Waals surface area contributed by atoms with Crippen molar-refractivity contribution >= 4 is 5.91 Å². The van der Waals surface area contributed by atoms with Gasteiger partial charge in [-0.2, -0.15) is 0 Å². The minimum atomic E-state index is -0.972. The molecule has 0 fully saturated rings. The molecule has 17 heavy (non-hydrogen) atoms. The second-order valence-corrected chi connectivity index (χ2v) is 4.70. The fourth-order valence-corrected chi connectivity index (χ4v) is 1.38. The fourth-order valence-electron chi connectivity index (χ4n) is 1.38. The molecule has 4 heteroatoms. The average Bonchev–Trinajstić information content (AvgIpc) is 2.25. The van der Waals surface area contributed by atoms with Crippen LogP contribution >= 0.6 is 0 Å². The van der Waals surface area contributed by atoms with Gasteiger partial charge in [0.05, 0.1) is 11.7 Å². The Morgan fingerprint density at radius 2 is 2.12 bits per heavy atom. The highest BCUT2D eigenvalue weighted by Gasteiger charge is 2.17. The average molecular weight is 237 g/mol. The van der Waals surface area contributed by atoms with Crippen molar-refractivity contribution in [1.29, 1.82) is 0 Å². The van der Waals surface area contributed by atoms with Crippen molar-refractivity contribution in [2.75, 3.05) is 6.54 Å². The summed E-state index contributed by atoms with van der Waals surface area (Å²) in [4.78, 5) is 11.7. The van der Waals surface area contributed by atoms with Crippen LogP contribution in [0.2, 0.25) is 0 Å². The smallest absolute Gasteiger partial charge is 0.251 e. The van der Waals surface area contributed by atoms with Gasteiger partial charge in [-0.1, -0.05) is 12.1 Å². The largest absolute Gasteiger partial charge is 0.392 e. The Morgan fingerprint density at radius 3 is 2.65 bits per heavy atom. The van der Waals surface area contributed by atoms with Crippen molar-refractivity contribution in [2.45, 2.75) is 32.5 Å². The lowest BCUT2D eigenvalue weighted by Gasteiger charge is -2.18. The summed E-state index contributed by atoms with van der Waals surface area (Å²) in [6.45, 7) is 5.15. The molecule has 3 N–H and O–H groups in total. The van der Waals surface area contributed by atoms with Gasteiger partial charge in [0.1, 0.15) is 0 Å². The highest BCUT2D eigenvalue weighted by atomic mass is 16.3. The summed E-state index contributed by atoms with van der Waals surface area (Å²) in [5.74, 6) is -0.253. The Bertz CT molecular complexity index is 394. The molecule has 0 heterocycles. The number of aliphatic hydroxyl groups excluding tert-OH is 1. The van der Waals surface area contributed by atoms with Gasteiger partial charge in [0.15, 0.2) is 0 Å². The molecule has 0 aliphatic heterocycles. The summed E-state index contributed by atoms with van der Waals surface area (Å²) in [5.41, 5.74) is 0.188. The van der Waals surface area contributed by atoms with Crippen LogP contribution in [0.5, 0.6) is 0 Å². The molecule has 0 aliphatic rings. The van der Waals surface area contributed by atoms with Crippen molar-refractivity contribution in [3.05, 3.63) is 35.4 Å². The Morgan fingerprint density at radius 1 is 1.47 bits per heavy atom. The molecule has 1 unspecified atom stereocenters. The molecule has 0 aromatic heterocycles. The number of aliphatic hydroxyl groups is 2. The third-order valence-electron chi connectivity index (χ3n) is 2.39. The molecular weight excluding hydrogens is 218 g/mol. The Kier molecular flexibility index (Phi) is 4.26. The Hall–Kier alpha value is -1.39. The van der Waals surface area contributed by atoms with Crippen molar-refractivity contribution < 1.29 is 15.0 Å². The highest BCUT2D eigenvalue weighted by molar-refractivity contribution is 5.94. The summed E-state index contributed by atoms with van der Waals surface area (Å²) in [6, 6.07) is 6.82. The summed E-state index contributed by atoms with van der Waals surface area (Å²) < 4.78 is 0. The van der Waals surface area contributed by atoms with Crippen LogP contribution < -0.4 is 5.32 Å². The lowest BCUT2D eigenvalue weighted by molar-refractivity contribution is 0.0784. The third-order valence-corrected chi connectivity index (χ3v) is 2.39. The summed E-state index contributed by atoms with van der Waals surface area (Å²) in [6.07, 6.45) is -0.573. The predicted molar refractivity (Wildman–Crippen MR) is 65.7 cm³/mol. The first-order valence-corrected chi connectivity index (χ1v) is 5.60. The van der Waals surface area contributed by atoms with Gasteiger partial charge in [0.25, 0.3) is 5.91 Å². The van der Waals surface area contributed by atoms with E-state index < -0.39 is 11.7 Å². The highest BCUT2D eigenvalue weighted by Crippen LogP contribution is 2.20. The number of carbonyl (C=O) groups is 1. The van der Waals surface area contributed by atoms with Crippen LogP contribution in [0.3, 0.4) is 0 Å². The van der Waals surface area contributed by atoms with Crippen molar-refractivity contribution in [3.63, 3.8) is 0 Å². The SMILES string of the molecule is CC(O)CNC(=O)c1cccc(C(C)(C)O)c1. The van der Waals surface area contributed by atoms with E-state index in [9.17, 15) is 9.90 Å². The van der Waals surface area contributed by atoms with Gasteiger partial charge in [0, 0.05) is 12.1 Å². The molecule has 0 bridgehead atoms. The van der Waals surface area contributed by atoms with Crippen LogP contribution in [0.4, 0.5) is 0 Å². The Balaban J connectivity index is 2.81. The summed E-state index contributed by atoms with van der Waals surface area (Å²) >= 11 is 0. The number of hydrogen-bond acceptors (Lipinski definition) is 3. The van der Waals surface area contributed by atoms with Crippen molar-refractivity contribution in [2.24, 2.45) is 0 Å². The molecule has 94 valence electrons. The number of hydrogen-bond donors (Lipinski definition) is 3. The molecule has 1 aromatic carbocycles. The first-order valence-electron chi connectivity index (χ1n) is 5.60. The minimum absolute atomic E-state index is 0.214. The number of benzene rings is 1. The van der Waals surface area contributed by atoms with E-state index in [0.717, 1.165) is 0 Å². The zero-order valence-electron chi connectivity index (χ0n) is 10.4. The number of carbonyl (C=O) groups excluding carboxylic acids is 1. The molecule has 0 saturated heterocycles. The predicted octanol–water partition coefficient (Wildman–Crippen LogP) is 1.02. The quantitative estimate of drug-likeness (QED) is 0.732. The Labute approximate surface area is 101 Å². The van der Waals surface area contributed by atoms with Crippen LogP contribution in [0, 0.1) is 0 Å². The zero-order chi connectivity index (χ0) is 13.1. The van der Waals surface area contributed by atoms with E-state index in [1.54, 1.807) is 45.0 Å². The topological polar surface area (TPSA) is 69.6 Å². The van der Waals surface area contributed by atoms with Crippen LogP contribution in [0.1, 0.15) is 36.7 Å². The molecule has 1 aromatic rings. The minimum Gasteiger partial charge on any atom is -0.392 e. The maximum absolute atomic E-state index is 11.7. The standard InChI is InChI=1S/C13H19NO3/c1-9(15)8-14-12(16)10-5-4-6-11(7-10)13(2,3)17/h4-7,9,15,17H,8H2,1-3H3,(H,14,16). The van der Waals surface area contributed by atoms with Crippen LogP contribution in [-0.4, -0.2) is 28.8 Å². The van der Waals surface area contributed by atoms with E-state index in [1.807, 2.05) is 0 Å². The number of rotatable bonds is 4. The van der Waals surface area contributed by atoms with Crippen molar-refractivity contribution in [3.8, 4) is 0 Å². The molecule has 0 spiro atoms. The molecule has 0 saturated carbocycles. The van der Waals surface area contributed by atoms with Gasteiger partial charge in [-0.3, -0.25) is 4.79 Å². The first kappa shape index (κ1) is 13.7. The van der Waals surface area contributed by atoms with Crippen LogP contribution in [-0.2, 0) is 5.60 Å². The number of nitrogens with one attached hydrogen (secondary N) is 1. The van der Waals surface area contributed by atoms with E-state index >= 15 is 0 Å². The van der Waals surface area contributed by atoms with E-state index in [4.69, 9.17) is 5.11 Å². The normalized spacial score (nSPS) is 13.2. The summed E-state index contributed by atoms with van der Waals surface area (Å²) in [7, 11) is 0. The van der Waals surface area contributed by atoms with Gasteiger partial charge < -0.3 is 15.5 Å². The molecule has 0 aliphatic carbocycles. The molecule has 1 rings (SSSR count). The van der Waals surface area contributed by atoms with Gasteiger partial charge in [-0.05, 0) is 38.5 Å². The third kappa shape index (κ3) is 4.17. The van der Waals surface area contributed by atoms with Crippen LogP contribution in [0.15, 0.2) is 24.3 Å². The van der Waals surface area contributed by atoms with E-state index in [-0.39, 0.29) is 12.5 Å². The molecule has 4 nitrogen and oxygen atoms in total. The first-order chi connectivity index (χ1) is 7.80. The van der Waals surface area contributed by atoms with Crippen LogP contribution in [0.25, 0.3) is 0 Å². The number of amides is 1. The molecule has 0 radical (unpaired) electrons. The molecule has 1 amide bonds. The fraction of sp³-hybridized carbons (Fsp3) is 0.462.